The first-order valence-electron chi connectivity index (χ1n) is 20.6. The number of carbonyl (C=O) groups excluding carboxylic acids is 9. The zero-order valence-electron chi connectivity index (χ0n) is 35.2. The molecule has 3 aliphatic heterocycles. The summed E-state index contributed by atoms with van der Waals surface area (Å²) >= 11 is 0. The number of aromatic amines is 1. The fourth-order valence-electron chi connectivity index (χ4n) is 7.70. The van der Waals surface area contributed by atoms with Crippen LogP contribution in [0.5, 0.6) is 5.75 Å². The highest BCUT2D eigenvalue weighted by atomic mass is 32.2. The van der Waals surface area contributed by atoms with E-state index in [0.29, 0.717) is 6.42 Å². The van der Waals surface area contributed by atoms with Gasteiger partial charge >= 0.3 is 0 Å². The molecular weight excluding hydrogens is 865 g/mol. The third kappa shape index (κ3) is 11.5. The van der Waals surface area contributed by atoms with Crippen molar-refractivity contribution in [1.82, 2.24) is 47.1 Å². The normalized spacial score (nSPS) is 28.5. The zero-order valence-corrected chi connectivity index (χ0v) is 36.0. The standard InChI is InChI=1S/C39H54N10O14S/c1-4-16(2)31-36(60)42-11-29(55)43-25-15-64(63)38-21(20-6-5-18(51)7-22(20)46-38)9-23(33(57)41-12-30(56)47-31)44-37(61)32(17(3)27(53)14-50)48-35(59)26-8-19(52)13-49(26)39(62)24(10-28(40)54)45-34(25)58/h5-7,16-17,19,23-27,31-32,46,50-53H,4,8-15H2,1-3H3,(H2,40,54)(H,41,57)(H,42,60)(H,43,55)(H,44,61)(H,45,58)(H,47,56)(H,48,59)/t16-,17-,19+,23-,24-,25-,26-,27-,31?,32-,64?/m0/s1. The third-order valence-corrected chi connectivity index (χ3v) is 13.0. The van der Waals surface area contributed by atoms with E-state index in [1.165, 1.54) is 25.1 Å². The molecule has 11 atom stereocenters. The van der Waals surface area contributed by atoms with Crippen molar-refractivity contribution < 1.29 is 67.8 Å². The Hall–Kier alpha value is -6.18. The van der Waals surface area contributed by atoms with Crippen LogP contribution in [0.2, 0.25) is 0 Å². The summed E-state index contributed by atoms with van der Waals surface area (Å²) < 4.78 is 14.6. The molecule has 1 aromatic heterocycles. The average Bonchev–Trinajstić information content (AvgIpc) is 3.82. The van der Waals surface area contributed by atoms with E-state index < -0.39 is 176 Å². The predicted octanol–water partition coefficient (Wildman–Crippen LogP) is -5.92. The Labute approximate surface area is 368 Å². The molecule has 350 valence electrons. The molecule has 2 unspecified atom stereocenters. The van der Waals surface area contributed by atoms with Crippen LogP contribution in [0, 0.1) is 11.8 Å². The van der Waals surface area contributed by atoms with Crippen molar-refractivity contribution in [3.8, 4) is 5.75 Å². The van der Waals surface area contributed by atoms with E-state index >= 15 is 0 Å². The summed E-state index contributed by atoms with van der Waals surface area (Å²) in [7, 11) is -2.38. The topological polar surface area (TPSA) is 381 Å². The Morgan fingerprint density at radius 1 is 0.875 bits per heavy atom. The van der Waals surface area contributed by atoms with Gasteiger partial charge in [-0.05, 0) is 23.6 Å². The van der Waals surface area contributed by atoms with Gasteiger partial charge in [-0.15, -0.1) is 0 Å². The molecule has 25 heteroatoms. The summed E-state index contributed by atoms with van der Waals surface area (Å²) in [5.74, 6) is -12.1. The smallest absolute Gasteiger partial charge is 0.246 e. The third-order valence-electron chi connectivity index (χ3n) is 11.5. The number of carbonyl (C=O) groups is 9. The summed E-state index contributed by atoms with van der Waals surface area (Å²) in [6, 6.07) is -5.99. The molecule has 0 aliphatic carbocycles. The number of benzene rings is 1. The van der Waals surface area contributed by atoms with Crippen molar-refractivity contribution in [2.24, 2.45) is 17.6 Å². The van der Waals surface area contributed by atoms with Gasteiger partial charge in [-0.25, -0.2) is 0 Å². The van der Waals surface area contributed by atoms with E-state index in [4.69, 9.17) is 5.73 Å². The predicted molar refractivity (Wildman–Crippen MR) is 222 cm³/mol. The lowest BCUT2D eigenvalue weighted by molar-refractivity contribution is -0.144. The summed E-state index contributed by atoms with van der Waals surface area (Å²) in [5.41, 5.74) is 5.73. The Bertz CT molecular complexity index is 2200. The fourth-order valence-corrected chi connectivity index (χ4v) is 9.10. The number of phenolic OH excluding ortho intramolecular Hbond substituents is 1. The van der Waals surface area contributed by atoms with Crippen LogP contribution in [0.3, 0.4) is 0 Å². The van der Waals surface area contributed by atoms with Gasteiger partial charge in [-0.1, -0.05) is 27.2 Å². The van der Waals surface area contributed by atoms with Crippen LogP contribution in [-0.4, -0.2) is 168 Å². The van der Waals surface area contributed by atoms with Gasteiger partial charge in [0, 0.05) is 36.8 Å². The molecule has 1 aromatic carbocycles. The minimum atomic E-state index is -2.38. The average molecular weight is 919 g/mol. The largest absolute Gasteiger partial charge is 0.508 e. The van der Waals surface area contributed by atoms with Crippen LogP contribution in [0.1, 0.15) is 45.6 Å². The van der Waals surface area contributed by atoms with Gasteiger partial charge in [0.15, 0.2) is 0 Å². The number of H-pyrrole nitrogens is 1. The highest BCUT2D eigenvalue weighted by Gasteiger charge is 2.45. The monoisotopic (exact) mass is 918 g/mol. The number of phenols is 1. The maximum absolute atomic E-state index is 14.6. The fraction of sp³-hybridized carbons (Fsp3) is 0.564. The molecule has 14 N–H and O–H groups in total. The highest BCUT2D eigenvalue weighted by Crippen LogP contribution is 2.30. The van der Waals surface area contributed by atoms with E-state index in [9.17, 15) is 67.8 Å². The number of primary amides is 1. The van der Waals surface area contributed by atoms with Gasteiger partial charge in [-0.2, -0.15) is 0 Å². The molecule has 5 rings (SSSR count). The van der Waals surface area contributed by atoms with E-state index in [1.54, 1.807) is 13.8 Å². The minimum absolute atomic E-state index is 0.0800. The molecule has 2 bridgehead atoms. The SMILES string of the molecule is CC[C@H](C)C1NC(=O)CNC(=O)[C@@H]2Cc3c([nH]c4cc(O)ccc34)S(=O)C[C@H](NC(=O)CNC1=O)C(=O)N[C@@H](CC(N)=O)C(=O)N1C[C@H](O)C[C@H]1C(=O)N[C@@H]([C@@H](C)[C@@H](O)CO)C(=O)N2. The first kappa shape index (κ1) is 48.8. The number of aliphatic hydroxyl groups excluding tert-OH is 3. The lowest BCUT2D eigenvalue weighted by Gasteiger charge is -2.32. The number of amides is 9. The van der Waals surface area contributed by atoms with E-state index in [0.717, 1.165) is 4.90 Å². The molecule has 1 fully saturated rings. The van der Waals surface area contributed by atoms with Crippen molar-refractivity contribution in [2.75, 3.05) is 32.0 Å². The Kier molecular flexibility index (Phi) is 16.0. The molecule has 0 saturated carbocycles. The second-order valence-electron chi connectivity index (χ2n) is 16.1. The van der Waals surface area contributed by atoms with Gasteiger partial charge in [0.1, 0.15) is 47.0 Å². The quantitative estimate of drug-likeness (QED) is 0.123. The van der Waals surface area contributed by atoms with Crippen molar-refractivity contribution in [1.29, 1.82) is 0 Å². The van der Waals surface area contributed by atoms with Crippen molar-refractivity contribution in [3.05, 3.63) is 23.8 Å². The molecule has 64 heavy (non-hydrogen) atoms. The molecule has 4 heterocycles. The number of rotatable bonds is 7. The number of fused-ring (bicyclic) bond motifs is 5. The number of hydrogen-bond acceptors (Lipinski definition) is 14. The van der Waals surface area contributed by atoms with Crippen LogP contribution in [-0.2, 0) is 60.4 Å². The van der Waals surface area contributed by atoms with Crippen molar-refractivity contribution in [2.45, 2.75) is 99.9 Å². The first-order chi connectivity index (χ1) is 30.2. The van der Waals surface area contributed by atoms with Crippen LogP contribution in [0.15, 0.2) is 23.2 Å². The zero-order chi connectivity index (χ0) is 47.2. The lowest BCUT2D eigenvalue weighted by atomic mass is 9.93. The number of nitrogens with zero attached hydrogens (tertiary/aromatic N) is 1. The molecule has 9 amide bonds. The first-order valence-corrected chi connectivity index (χ1v) is 21.9. The molecule has 24 nitrogen and oxygen atoms in total. The number of aliphatic hydroxyl groups is 3. The van der Waals surface area contributed by atoms with Crippen molar-refractivity contribution in [3.63, 3.8) is 0 Å². The summed E-state index contributed by atoms with van der Waals surface area (Å²) in [4.78, 5) is 127. The van der Waals surface area contributed by atoms with Gasteiger partial charge < -0.3 is 73.3 Å². The summed E-state index contributed by atoms with van der Waals surface area (Å²) in [6.07, 6.45) is -4.42. The highest BCUT2D eigenvalue weighted by molar-refractivity contribution is 7.85. The second-order valence-corrected chi connectivity index (χ2v) is 17.6. The van der Waals surface area contributed by atoms with Gasteiger partial charge in [0.05, 0.1) is 60.4 Å². The number of nitrogens with one attached hydrogen (secondary N) is 8. The number of aromatic hydroxyl groups is 1. The minimum Gasteiger partial charge on any atom is -0.508 e. The molecule has 3 aliphatic rings. The van der Waals surface area contributed by atoms with Crippen LogP contribution >= 0.6 is 0 Å². The van der Waals surface area contributed by atoms with E-state index in [-0.39, 0.29) is 27.2 Å². The molecular formula is C39H54N10O14S. The number of aromatic nitrogens is 1. The van der Waals surface area contributed by atoms with E-state index in [2.05, 4.69) is 42.2 Å². The molecule has 1 saturated heterocycles. The lowest BCUT2D eigenvalue weighted by Crippen LogP contribution is -2.62. The van der Waals surface area contributed by atoms with Gasteiger partial charge in [0.25, 0.3) is 0 Å². The second kappa shape index (κ2) is 21.0. The summed E-state index contributed by atoms with van der Waals surface area (Å²) in [5, 5.41) is 58.8. The molecule has 0 spiro atoms. The summed E-state index contributed by atoms with van der Waals surface area (Å²) in [6.45, 7) is 1.76. The maximum atomic E-state index is 14.6. The van der Waals surface area contributed by atoms with Gasteiger partial charge in [0.2, 0.25) is 53.2 Å². The van der Waals surface area contributed by atoms with Crippen LogP contribution < -0.4 is 43.0 Å². The molecule has 2 aromatic rings. The Morgan fingerprint density at radius 2 is 1.55 bits per heavy atom. The number of nitrogens with two attached hydrogens (primary N) is 1. The van der Waals surface area contributed by atoms with E-state index in [1.807, 2.05) is 0 Å². The van der Waals surface area contributed by atoms with Gasteiger partial charge in [-0.3, -0.25) is 47.4 Å². The van der Waals surface area contributed by atoms with Crippen LogP contribution in [0.4, 0.5) is 0 Å². The maximum Gasteiger partial charge on any atom is 0.246 e. The molecule has 0 radical (unpaired) electrons. The Balaban J connectivity index is 1.73. The number of hydrogen-bond donors (Lipinski definition) is 13. The van der Waals surface area contributed by atoms with Crippen molar-refractivity contribution >= 4 is 74.9 Å². The Morgan fingerprint density at radius 3 is 2.20 bits per heavy atom. The van der Waals surface area contributed by atoms with Crippen LogP contribution in [0.25, 0.3) is 10.9 Å².